The van der Waals surface area contributed by atoms with Gasteiger partial charge in [-0.1, -0.05) is 0 Å². The predicted molar refractivity (Wildman–Crippen MR) is 106 cm³/mol. The molecule has 0 unspecified atom stereocenters. The molecule has 1 aliphatic heterocycles. The molecule has 0 aromatic carbocycles. The topological polar surface area (TPSA) is 142 Å². The molecule has 2 N–H and O–H groups in total. The zero-order chi connectivity index (χ0) is 20.6. The zero-order valence-corrected chi connectivity index (χ0v) is 16.0. The van der Waals surface area contributed by atoms with Crippen LogP contribution in [0.25, 0.3) is 0 Å². The monoisotopic (exact) mass is 398 g/mol. The van der Waals surface area contributed by atoms with E-state index in [0.717, 1.165) is 32.5 Å². The van der Waals surface area contributed by atoms with Crippen LogP contribution in [0.15, 0.2) is 24.5 Å². The van der Waals surface area contributed by atoms with Crippen LogP contribution in [0, 0.1) is 21.4 Å². The van der Waals surface area contributed by atoms with E-state index in [1.54, 1.807) is 18.3 Å². The molecule has 11 heteroatoms. The Morgan fingerprint density at radius 1 is 1.41 bits per heavy atom. The van der Waals surface area contributed by atoms with Gasteiger partial charge in [-0.3, -0.25) is 10.1 Å². The van der Waals surface area contributed by atoms with Crippen molar-refractivity contribution in [2.75, 3.05) is 37.4 Å². The summed E-state index contributed by atoms with van der Waals surface area (Å²) in [5, 5.41) is 26.3. The smallest absolute Gasteiger partial charge is 0.329 e. The molecule has 152 valence electrons. The highest BCUT2D eigenvalue weighted by molar-refractivity contribution is 5.63. The molecule has 0 saturated carbocycles. The van der Waals surface area contributed by atoms with Crippen LogP contribution >= 0.6 is 0 Å². The molecule has 1 aliphatic rings. The maximum atomic E-state index is 11.4. The van der Waals surface area contributed by atoms with E-state index in [0.29, 0.717) is 18.0 Å². The molecule has 1 saturated heterocycles. The van der Waals surface area contributed by atoms with Gasteiger partial charge in [-0.25, -0.2) is 9.97 Å². The minimum Gasteiger partial charge on any atom is -0.480 e. The first-order valence-electron chi connectivity index (χ1n) is 9.24. The standard InChI is InChI=1S/C18H22N8O3/c1-29-17-14(4-2-8-20-17)23-18-21-12-15(26(27)28)16(24-18)22-13-5-10-25(11-6-13)9-3-7-19/h2,4,8,12-13H,3,5-6,9-11H2,1H3,(H2,21,22,23,24). The van der Waals surface area contributed by atoms with Gasteiger partial charge in [0.25, 0.3) is 0 Å². The van der Waals surface area contributed by atoms with Crippen LogP contribution in [0.2, 0.25) is 0 Å². The molecule has 3 rings (SSSR count). The number of nitro groups is 1. The van der Waals surface area contributed by atoms with E-state index in [-0.39, 0.29) is 23.5 Å². The van der Waals surface area contributed by atoms with Gasteiger partial charge in [0.2, 0.25) is 17.6 Å². The third-order valence-corrected chi connectivity index (χ3v) is 4.65. The summed E-state index contributed by atoms with van der Waals surface area (Å²) in [5.74, 6) is 0.746. The van der Waals surface area contributed by atoms with E-state index in [1.807, 2.05) is 0 Å². The Bertz CT molecular complexity index is 893. The number of nitrogens with zero attached hydrogens (tertiary/aromatic N) is 6. The molecule has 0 bridgehead atoms. The second kappa shape index (κ2) is 9.61. The highest BCUT2D eigenvalue weighted by atomic mass is 16.6. The van der Waals surface area contributed by atoms with E-state index >= 15 is 0 Å². The van der Waals surface area contributed by atoms with Crippen LogP contribution < -0.4 is 15.4 Å². The molecule has 1 fully saturated rings. The number of ether oxygens (including phenoxy) is 1. The van der Waals surface area contributed by atoms with E-state index in [2.05, 4.69) is 36.6 Å². The van der Waals surface area contributed by atoms with Gasteiger partial charge in [-0.05, 0) is 25.0 Å². The van der Waals surface area contributed by atoms with Gasteiger partial charge in [0, 0.05) is 38.3 Å². The molecule has 0 amide bonds. The summed E-state index contributed by atoms with van der Waals surface area (Å²) in [6.45, 7) is 2.41. The molecule has 0 atom stereocenters. The van der Waals surface area contributed by atoms with E-state index in [1.165, 1.54) is 13.3 Å². The van der Waals surface area contributed by atoms with Gasteiger partial charge >= 0.3 is 5.69 Å². The molecule has 0 aliphatic carbocycles. The van der Waals surface area contributed by atoms with Crippen molar-refractivity contribution in [2.45, 2.75) is 25.3 Å². The first kappa shape index (κ1) is 20.2. The molecule has 29 heavy (non-hydrogen) atoms. The van der Waals surface area contributed by atoms with E-state index in [4.69, 9.17) is 10.00 Å². The summed E-state index contributed by atoms with van der Waals surface area (Å²) in [6, 6.07) is 5.69. The molecule has 2 aromatic heterocycles. The number of pyridine rings is 1. The SMILES string of the molecule is COc1ncccc1Nc1ncc([N+](=O)[O-])c(NC2CCN(CCC#N)CC2)n1. The quantitative estimate of drug-likeness (QED) is 0.502. The Hall–Kier alpha value is -3.52. The molecule has 3 heterocycles. The summed E-state index contributed by atoms with van der Waals surface area (Å²) in [5.41, 5.74) is 0.376. The Labute approximate surface area is 167 Å². The van der Waals surface area contributed by atoms with Gasteiger partial charge in [0.15, 0.2) is 0 Å². The molecular weight excluding hydrogens is 376 g/mol. The summed E-state index contributed by atoms with van der Waals surface area (Å²) in [4.78, 5) is 25.6. The Balaban J connectivity index is 1.73. The number of nitriles is 1. The first-order chi connectivity index (χ1) is 14.1. The zero-order valence-electron chi connectivity index (χ0n) is 16.0. The summed E-state index contributed by atoms with van der Waals surface area (Å²) < 4.78 is 5.19. The van der Waals surface area contributed by atoms with Crippen LogP contribution in [0.4, 0.5) is 23.1 Å². The second-order valence-electron chi connectivity index (χ2n) is 6.54. The van der Waals surface area contributed by atoms with Crippen LogP contribution in [-0.4, -0.2) is 57.6 Å². The lowest BCUT2D eigenvalue weighted by atomic mass is 10.0. The highest BCUT2D eigenvalue weighted by Gasteiger charge is 2.24. The van der Waals surface area contributed by atoms with Crippen molar-refractivity contribution in [1.29, 1.82) is 5.26 Å². The van der Waals surface area contributed by atoms with Crippen molar-refractivity contribution in [3.63, 3.8) is 0 Å². The lowest BCUT2D eigenvalue weighted by molar-refractivity contribution is -0.384. The maximum Gasteiger partial charge on any atom is 0.329 e. The molecular formula is C18H22N8O3. The van der Waals surface area contributed by atoms with Crippen molar-refractivity contribution in [3.8, 4) is 11.9 Å². The number of piperidine rings is 1. The largest absolute Gasteiger partial charge is 0.480 e. The summed E-state index contributed by atoms with van der Waals surface area (Å²) >= 11 is 0. The number of methoxy groups -OCH3 is 1. The number of anilines is 3. The molecule has 0 spiro atoms. The Morgan fingerprint density at radius 2 is 2.21 bits per heavy atom. The number of likely N-dealkylation sites (tertiary alicyclic amines) is 1. The molecule has 11 nitrogen and oxygen atoms in total. The van der Waals surface area contributed by atoms with E-state index in [9.17, 15) is 10.1 Å². The van der Waals surface area contributed by atoms with Crippen molar-refractivity contribution in [3.05, 3.63) is 34.6 Å². The summed E-state index contributed by atoms with van der Waals surface area (Å²) in [6.07, 6.45) is 4.90. The number of nitrogens with one attached hydrogen (secondary N) is 2. The normalized spacial score (nSPS) is 14.8. The fraction of sp³-hybridized carbons (Fsp3) is 0.444. The van der Waals surface area contributed by atoms with Gasteiger partial charge in [0.1, 0.15) is 11.9 Å². The van der Waals surface area contributed by atoms with Gasteiger partial charge in [-0.15, -0.1) is 0 Å². The maximum absolute atomic E-state index is 11.4. The number of hydrogen-bond acceptors (Lipinski definition) is 10. The van der Waals surface area contributed by atoms with Crippen LogP contribution in [0.1, 0.15) is 19.3 Å². The highest BCUT2D eigenvalue weighted by Crippen LogP contribution is 2.28. The van der Waals surface area contributed by atoms with Crippen molar-refractivity contribution in [2.24, 2.45) is 0 Å². The minimum absolute atomic E-state index is 0.0581. The van der Waals surface area contributed by atoms with Gasteiger partial charge in [0.05, 0.1) is 18.1 Å². The molecule has 2 aromatic rings. The van der Waals surface area contributed by atoms with Crippen molar-refractivity contribution >= 4 is 23.1 Å². The van der Waals surface area contributed by atoms with Crippen LogP contribution in [0.5, 0.6) is 5.88 Å². The predicted octanol–water partition coefficient (Wildman–Crippen LogP) is 2.32. The fourth-order valence-corrected chi connectivity index (χ4v) is 3.15. The Kier molecular flexibility index (Phi) is 6.70. The number of hydrogen-bond donors (Lipinski definition) is 2. The van der Waals surface area contributed by atoms with Crippen LogP contribution in [0.3, 0.4) is 0 Å². The third kappa shape index (κ3) is 5.26. The van der Waals surface area contributed by atoms with Crippen LogP contribution in [-0.2, 0) is 0 Å². The minimum atomic E-state index is -0.501. The number of aromatic nitrogens is 3. The summed E-state index contributed by atoms with van der Waals surface area (Å²) in [7, 11) is 1.50. The van der Waals surface area contributed by atoms with Crippen molar-refractivity contribution < 1.29 is 9.66 Å². The average molecular weight is 398 g/mol. The lowest BCUT2D eigenvalue weighted by Crippen LogP contribution is -2.39. The first-order valence-corrected chi connectivity index (χ1v) is 9.24. The van der Waals surface area contributed by atoms with E-state index < -0.39 is 4.92 Å². The van der Waals surface area contributed by atoms with Gasteiger partial charge < -0.3 is 20.3 Å². The lowest BCUT2D eigenvalue weighted by Gasteiger charge is -2.31. The molecule has 0 radical (unpaired) electrons. The van der Waals surface area contributed by atoms with Gasteiger partial charge in [-0.2, -0.15) is 10.2 Å². The van der Waals surface area contributed by atoms with Crippen molar-refractivity contribution in [1.82, 2.24) is 19.9 Å². The Morgan fingerprint density at radius 3 is 2.90 bits per heavy atom. The second-order valence-corrected chi connectivity index (χ2v) is 6.54. The average Bonchev–Trinajstić information content (AvgIpc) is 2.73. The number of rotatable bonds is 8. The third-order valence-electron chi connectivity index (χ3n) is 4.65. The fourth-order valence-electron chi connectivity index (χ4n) is 3.15.